The normalized spacial score (nSPS) is 42.1. The Kier molecular flexibility index (Phi) is 2.92. The number of hydrogen-bond acceptors (Lipinski definition) is 6. The maximum absolute atomic E-state index is 11.9. The molecule has 0 aromatic rings. The molecule has 0 spiro atoms. The summed E-state index contributed by atoms with van der Waals surface area (Å²) in [6, 6.07) is -0.137. The van der Waals surface area contributed by atoms with Gasteiger partial charge in [-0.3, -0.25) is 14.4 Å². The number of carbonyl (C=O) groups excluding carboxylic acids is 2. The van der Waals surface area contributed by atoms with Gasteiger partial charge in [0.25, 0.3) is 0 Å². The fourth-order valence-electron chi connectivity index (χ4n) is 3.21. The Balaban J connectivity index is 1.81. The van der Waals surface area contributed by atoms with Gasteiger partial charge in [-0.2, -0.15) is 5.06 Å². The molecule has 3 heterocycles. The predicted octanol–water partition coefficient (Wildman–Crippen LogP) is 0.299. The SMILES string of the molecule is CC(C)(C)O[C@H]1CCN2O[C@H]3[C@H](C(=O)O[C@H]3C=O)[C@@H]12. The molecule has 3 rings (SSSR count). The van der Waals surface area contributed by atoms with Crippen LogP contribution in [0.4, 0.5) is 0 Å². The highest BCUT2D eigenvalue weighted by molar-refractivity contribution is 5.81. The van der Waals surface area contributed by atoms with Gasteiger partial charge >= 0.3 is 5.97 Å². The van der Waals surface area contributed by atoms with Crippen LogP contribution in [0.15, 0.2) is 0 Å². The van der Waals surface area contributed by atoms with Crippen molar-refractivity contribution < 1.29 is 23.9 Å². The van der Waals surface area contributed by atoms with Gasteiger partial charge in [0.1, 0.15) is 12.0 Å². The van der Waals surface area contributed by atoms with Crippen LogP contribution in [0.25, 0.3) is 0 Å². The number of rotatable bonds is 2. The van der Waals surface area contributed by atoms with Crippen LogP contribution in [0, 0.1) is 5.92 Å². The average molecular weight is 269 g/mol. The molecule has 3 fully saturated rings. The summed E-state index contributed by atoms with van der Waals surface area (Å²) >= 11 is 0. The molecule has 19 heavy (non-hydrogen) atoms. The molecule has 0 radical (unpaired) electrons. The summed E-state index contributed by atoms with van der Waals surface area (Å²) in [6.07, 6.45) is 0.141. The van der Waals surface area contributed by atoms with E-state index in [0.29, 0.717) is 6.29 Å². The fourth-order valence-corrected chi connectivity index (χ4v) is 3.21. The third-order valence-corrected chi connectivity index (χ3v) is 3.81. The highest BCUT2D eigenvalue weighted by Crippen LogP contribution is 2.43. The van der Waals surface area contributed by atoms with E-state index in [1.807, 2.05) is 20.8 Å². The van der Waals surface area contributed by atoms with Crippen molar-refractivity contribution in [2.24, 2.45) is 5.92 Å². The van der Waals surface area contributed by atoms with Crippen LogP contribution in [0.2, 0.25) is 0 Å². The molecular weight excluding hydrogens is 250 g/mol. The minimum Gasteiger partial charge on any atom is -0.451 e. The van der Waals surface area contributed by atoms with Crippen molar-refractivity contribution in [1.82, 2.24) is 5.06 Å². The molecule has 0 amide bonds. The van der Waals surface area contributed by atoms with E-state index in [9.17, 15) is 9.59 Å². The van der Waals surface area contributed by atoms with Crippen molar-refractivity contribution >= 4 is 12.3 Å². The van der Waals surface area contributed by atoms with Gasteiger partial charge in [-0.05, 0) is 27.2 Å². The zero-order chi connectivity index (χ0) is 13.8. The Morgan fingerprint density at radius 3 is 2.79 bits per heavy atom. The fraction of sp³-hybridized carbons (Fsp3) is 0.846. The Morgan fingerprint density at radius 2 is 2.16 bits per heavy atom. The van der Waals surface area contributed by atoms with Crippen molar-refractivity contribution in [2.75, 3.05) is 6.54 Å². The molecule has 0 aliphatic carbocycles. The van der Waals surface area contributed by atoms with Gasteiger partial charge in [-0.25, -0.2) is 0 Å². The van der Waals surface area contributed by atoms with Crippen LogP contribution < -0.4 is 0 Å². The third-order valence-electron chi connectivity index (χ3n) is 3.81. The van der Waals surface area contributed by atoms with E-state index < -0.39 is 18.1 Å². The van der Waals surface area contributed by atoms with Gasteiger partial charge < -0.3 is 9.47 Å². The van der Waals surface area contributed by atoms with Crippen molar-refractivity contribution in [3.8, 4) is 0 Å². The van der Waals surface area contributed by atoms with Gasteiger partial charge in [0.15, 0.2) is 12.4 Å². The Hall–Kier alpha value is -0.980. The Labute approximate surface area is 111 Å². The van der Waals surface area contributed by atoms with E-state index in [-0.39, 0.29) is 23.7 Å². The second-order valence-corrected chi connectivity index (χ2v) is 6.32. The standard InChI is InChI=1S/C13H19NO5/c1-13(2,3)18-7-4-5-14-10(7)9-11(19-14)8(6-15)17-12(9)16/h6-11H,4-5H2,1-3H3/t7-,8-,9+,10+,11+/m0/s1. The first-order valence-electron chi connectivity index (χ1n) is 6.68. The minimum absolute atomic E-state index is 0.0621. The molecule has 3 aliphatic rings. The van der Waals surface area contributed by atoms with Crippen molar-refractivity contribution in [3.05, 3.63) is 0 Å². The topological polar surface area (TPSA) is 65.1 Å². The summed E-state index contributed by atoms with van der Waals surface area (Å²) in [4.78, 5) is 28.6. The summed E-state index contributed by atoms with van der Waals surface area (Å²) < 4.78 is 11.1. The van der Waals surface area contributed by atoms with Gasteiger partial charge in [0.05, 0.1) is 17.7 Å². The first kappa shape index (κ1) is 13.0. The van der Waals surface area contributed by atoms with E-state index in [4.69, 9.17) is 14.3 Å². The molecule has 106 valence electrons. The lowest BCUT2D eigenvalue weighted by molar-refractivity contribution is -0.184. The molecule has 6 nitrogen and oxygen atoms in total. The van der Waals surface area contributed by atoms with E-state index in [0.717, 1.165) is 13.0 Å². The lowest BCUT2D eigenvalue weighted by Crippen LogP contribution is -2.41. The number of hydrogen-bond donors (Lipinski definition) is 0. The van der Waals surface area contributed by atoms with Crippen LogP contribution in [0.3, 0.4) is 0 Å². The molecule has 0 unspecified atom stereocenters. The van der Waals surface area contributed by atoms with Gasteiger partial charge in [0, 0.05) is 6.54 Å². The smallest absolute Gasteiger partial charge is 0.314 e. The maximum Gasteiger partial charge on any atom is 0.314 e. The molecule has 3 aliphatic heterocycles. The highest BCUT2D eigenvalue weighted by Gasteiger charge is 2.61. The average Bonchev–Trinajstić information content (AvgIpc) is 2.90. The molecule has 0 aromatic heterocycles. The van der Waals surface area contributed by atoms with E-state index >= 15 is 0 Å². The molecule has 0 N–H and O–H groups in total. The predicted molar refractivity (Wildman–Crippen MR) is 64.0 cm³/mol. The number of carbonyl (C=O) groups is 2. The molecule has 6 heteroatoms. The lowest BCUT2D eigenvalue weighted by atomic mass is 9.91. The molecule has 0 aromatic carbocycles. The summed E-state index contributed by atoms with van der Waals surface area (Å²) in [5.74, 6) is -0.760. The summed E-state index contributed by atoms with van der Waals surface area (Å²) in [7, 11) is 0. The number of cyclic esters (lactones) is 1. The highest BCUT2D eigenvalue weighted by atomic mass is 16.7. The van der Waals surface area contributed by atoms with Crippen LogP contribution in [-0.4, -0.2) is 53.8 Å². The second-order valence-electron chi connectivity index (χ2n) is 6.32. The number of ether oxygens (including phenoxy) is 2. The number of esters is 1. The van der Waals surface area contributed by atoms with E-state index in [1.165, 1.54) is 0 Å². The van der Waals surface area contributed by atoms with Gasteiger partial charge in [0.2, 0.25) is 0 Å². The third kappa shape index (κ3) is 2.07. The molecule has 3 saturated heterocycles. The molecular formula is C13H19NO5. The largest absolute Gasteiger partial charge is 0.451 e. The number of fused-ring (bicyclic) bond motifs is 3. The first-order chi connectivity index (χ1) is 8.90. The number of aldehydes is 1. The van der Waals surface area contributed by atoms with E-state index in [2.05, 4.69) is 0 Å². The van der Waals surface area contributed by atoms with E-state index in [1.54, 1.807) is 5.06 Å². The monoisotopic (exact) mass is 269 g/mol. The van der Waals surface area contributed by atoms with Crippen molar-refractivity contribution in [3.63, 3.8) is 0 Å². The zero-order valence-corrected chi connectivity index (χ0v) is 11.4. The Bertz CT molecular complexity index is 404. The summed E-state index contributed by atoms with van der Waals surface area (Å²) in [5.41, 5.74) is -0.272. The molecule has 0 bridgehead atoms. The number of hydroxylamine groups is 2. The van der Waals surface area contributed by atoms with Gasteiger partial charge in [-0.1, -0.05) is 0 Å². The van der Waals surface area contributed by atoms with Crippen LogP contribution in [-0.2, 0) is 23.9 Å². The van der Waals surface area contributed by atoms with Gasteiger partial charge in [-0.15, -0.1) is 0 Å². The summed E-state index contributed by atoms with van der Waals surface area (Å²) in [6.45, 7) is 6.69. The maximum atomic E-state index is 11.9. The zero-order valence-electron chi connectivity index (χ0n) is 11.4. The minimum atomic E-state index is -0.779. The Morgan fingerprint density at radius 1 is 1.42 bits per heavy atom. The quantitative estimate of drug-likeness (QED) is 0.530. The van der Waals surface area contributed by atoms with Crippen LogP contribution in [0.1, 0.15) is 27.2 Å². The van der Waals surface area contributed by atoms with Crippen LogP contribution >= 0.6 is 0 Å². The molecule has 5 atom stereocenters. The summed E-state index contributed by atoms with van der Waals surface area (Å²) in [5, 5.41) is 1.79. The van der Waals surface area contributed by atoms with Crippen LogP contribution in [0.5, 0.6) is 0 Å². The lowest BCUT2D eigenvalue weighted by Gasteiger charge is -2.29. The first-order valence-corrected chi connectivity index (χ1v) is 6.68. The van der Waals surface area contributed by atoms with Crippen molar-refractivity contribution in [1.29, 1.82) is 0 Å². The molecule has 0 saturated carbocycles. The van der Waals surface area contributed by atoms with Crippen molar-refractivity contribution in [2.45, 2.75) is 57.1 Å². The second kappa shape index (κ2) is 4.26. The number of nitrogens with zero attached hydrogens (tertiary/aromatic N) is 1.